The number of benzene rings is 2. The van der Waals surface area contributed by atoms with Crippen LogP contribution in [0.3, 0.4) is 0 Å². The summed E-state index contributed by atoms with van der Waals surface area (Å²) in [6, 6.07) is 15.7. The largest absolute Gasteiger partial charge is 0.445 e. The lowest BCUT2D eigenvalue weighted by Gasteiger charge is -2.31. The molecule has 0 aliphatic carbocycles. The van der Waals surface area contributed by atoms with Gasteiger partial charge in [0.2, 0.25) is 23.6 Å². The molecule has 65 heavy (non-hydrogen) atoms. The Kier molecular flexibility index (Phi) is 20.8. The minimum atomic E-state index is -1.03. The highest BCUT2D eigenvalue weighted by molar-refractivity contribution is 8.13. The summed E-state index contributed by atoms with van der Waals surface area (Å²) in [5.74, 6) is -1.69. The van der Waals surface area contributed by atoms with E-state index in [1.54, 1.807) is 39.5 Å². The number of alkyl carbamates (subject to hydrolysis) is 2. The monoisotopic (exact) mass is 918 g/mol. The molecule has 0 aromatic heterocycles. The molecule has 16 heteroatoms. The first-order chi connectivity index (χ1) is 30.9. The zero-order chi connectivity index (χ0) is 47.5. The number of carbonyl (C=O) groups excluding carboxylic acids is 6. The third-order valence-corrected chi connectivity index (χ3v) is 11.9. The summed E-state index contributed by atoms with van der Waals surface area (Å²) in [5, 5.41) is 14.8. The van der Waals surface area contributed by atoms with Gasteiger partial charge in [-0.15, -0.1) is 0 Å². The number of carbonyl (C=O) groups is 6. The maximum absolute atomic E-state index is 14.7. The summed E-state index contributed by atoms with van der Waals surface area (Å²) in [6.07, 6.45) is 4.18. The average Bonchev–Trinajstić information content (AvgIpc) is 3.75. The van der Waals surface area contributed by atoms with Crippen LogP contribution < -0.4 is 26.6 Å². The van der Waals surface area contributed by atoms with Crippen molar-refractivity contribution in [2.24, 2.45) is 22.7 Å². The SMILES string of the molecule is C/C(=C\[C@H](Cc1ccccc1)C(=O)N1CCC[C@H]1C(=O)N[C@H](C(=O)N[C@@H](CCCNC(=O)OCc1ccccc1)C(=O)NC1=NCCCS1)C(C)C)[C@H](CC(C)C)NC(=O)OC(C)(C)C. The Morgan fingerprint density at radius 1 is 0.862 bits per heavy atom. The molecule has 1 fully saturated rings. The minimum Gasteiger partial charge on any atom is -0.445 e. The summed E-state index contributed by atoms with van der Waals surface area (Å²) < 4.78 is 10.9. The second-order valence-electron chi connectivity index (χ2n) is 18.5. The number of rotatable bonds is 20. The molecule has 2 heterocycles. The van der Waals surface area contributed by atoms with Crippen LogP contribution in [0.15, 0.2) is 77.3 Å². The van der Waals surface area contributed by atoms with E-state index >= 15 is 0 Å². The van der Waals surface area contributed by atoms with Crippen molar-refractivity contribution in [3.63, 3.8) is 0 Å². The van der Waals surface area contributed by atoms with Crippen molar-refractivity contribution in [2.75, 3.05) is 25.4 Å². The van der Waals surface area contributed by atoms with E-state index in [-0.39, 0.29) is 37.3 Å². The van der Waals surface area contributed by atoms with Crippen molar-refractivity contribution in [1.29, 1.82) is 0 Å². The van der Waals surface area contributed by atoms with Gasteiger partial charge in [-0.05, 0) is 95.6 Å². The molecule has 356 valence electrons. The Labute approximate surface area is 389 Å². The van der Waals surface area contributed by atoms with Crippen LogP contribution in [0.1, 0.15) is 105 Å². The first kappa shape index (κ1) is 52.2. The highest BCUT2D eigenvalue weighted by atomic mass is 32.2. The molecule has 0 unspecified atom stereocenters. The first-order valence-electron chi connectivity index (χ1n) is 23.0. The first-order valence-corrected chi connectivity index (χ1v) is 23.9. The fourth-order valence-corrected chi connectivity index (χ4v) is 8.45. The number of amidine groups is 1. The van der Waals surface area contributed by atoms with Crippen LogP contribution in [-0.2, 0) is 41.7 Å². The van der Waals surface area contributed by atoms with Crippen LogP contribution in [0, 0.1) is 17.8 Å². The minimum absolute atomic E-state index is 0.113. The van der Waals surface area contributed by atoms with E-state index in [9.17, 15) is 28.8 Å². The molecular formula is C49H71N7O8S. The van der Waals surface area contributed by atoms with E-state index in [0.717, 1.165) is 28.9 Å². The molecule has 2 aromatic carbocycles. The zero-order valence-electron chi connectivity index (χ0n) is 39.4. The fourth-order valence-electron chi connectivity index (χ4n) is 7.63. The molecule has 0 radical (unpaired) electrons. The normalized spacial score (nSPS) is 17.3. The molecule has 4 rings (SSSR count). The molecular weight excluding hydrogens is 847 g/mol. The number of hydrogen-bond acceptors (Lipinski definition) is 10. The lowest BCUT2D eigenvalue weighted by Crippen LogP contribution is -2.58. The number of ether oxygens (including phenoxy) is 2. The van der Waals surface area contributed by atoms with Gasteiger partial charge in [-0.2, -0.15) is 0 Å². The van der Waals surface area contributed by atoms with Crippen LogP contribution in [-0.4, -0.2) is 101 Å². The smallest absolute Gasteiger partial charge is 0.408 e. The molecule has 15 nitrogen and oxygen atoms in total. The van der Waals surface area contributed by atoms with Gasteiger partial charge in [-0.25, -0.2) is 9.59 Å². The third kappa shape index (κ3) is 18.2. The van der Waals surface area contributed by atoms with Gasteiger partial charge in [-0.1, -0.05) is 112 Å². The zero-order valence-corrected chi connectivity index (χ0v) is 40.3. The highest BCUT2D eigenvalue weighted by Gasteiger charge is 2.39. The number of aliphatic imine (C=N–C) groups is 1. The lowest BCUT2D eigenvalue weighted by molar-refractivity contribution is -0.141. The van der Waals surface area contributed by atoms with Crippen molar-refractivity contribution in [1.82, 2.24) is 31.5 Å². The van der Waals surface area contributed by atoms with E-state index in [1.165, 1.54) is 11.8 Å². The third-order valence-electron chi connectivity index (χ3n) is 10.9. The average molecular weight is 918 g/mol. The quantitative estimate of drug-likeness (QED) is 0.0713. The van der Waals surface area contributed by atoms with Crippen LogP contribution in [0.2, 0.25) is 0 Å². The maximum atomic E-state index is 14.7. The van der Waals surface area contributed by atoms with Gasteiger partial charge in [0.15, 0.2) is 5.17 Å². The number of amides is 6. The summed E-state index contributed by atoms with van der Waals surface area (Å²) in [5.41, 5.74) is 1.91. The molecule has 2 aliphatic rings. The summed E-state index contributed by atoms with van der Waals surface area (Å²) in [6.45, 7) is 16.3. The van der Waals surface area contributed by atoms with Gasteiger partial charge < -0.3 is 41.0 Å². The van der Waals surface area contributed by atoms with Gasteiger partial charge in [-0.3, -0.25) is 24.2 Å². The molecule has 0 saturated carbocycles. The van der Waals surface area contributed by atoms with Crippen molar-refractivity contribution in [3.8, 4) is 0 Å². The molecule has 5 N–H and O–H groups in total. The molecule has 6 amide bonds. The lowest BCUT2D eigenvalue weighted by atomic mass is 9.91. The Balaban J connectivity index is 1.48. The summed E-state index contributed by atoms with van der Waals surface area (Å²) in [7, 11) is 0. The van der Waals surface area contributed by atoms with Gasteiger partial charge in [0.1, 0.15) is 30.3 Å². The number of hydrogen-bond donors (Lipinski definition) is 5. The van der Waals surface area contributed by atoms with Gasteiger partial charge in [0.25, 0.3) is 0 Å². The van der Waals surface area contributed by atoms with Gasteiger partial charge in [0, 0.05) is 25.4 Å². The highest BCUT2D eigenvalue weighted by Crippen LogP contribution is 2.26. The Morgan fingerprint density at radius 3 is 2.15 bits per heavy atom. The van der Waals surface area contributed by atoms with E-state index in [1.807, 2.05) is 73.7 Å². The predicted molar refractivity (Wildman–Crippen MR) is 255 cm³/mol. The molecule has 5 atom stereocenters. The van der Waals surface area contributed by atoms with Crippen molar-refractivity contribution < 1.29 is 38.2 Å². The molecule has 2 aliphatic heterocycles. The van der Waals surface area contributed by atoms with Crippen molar-refractivity contribution in [2.45, 2.75) is 137 Å². The topological polar surface area (TPSA) is 197 Å². The van der Waals surface area contributed by atoms with Crippen molar-refractivity contribution >= 4 is 52.7 Å². The molecule has 0 spiro atoms. The second kappa shape index (κ2) is 25.9. The number of nitrogens with zero attached hydrogens (tertiary/aromatic N) is 2. The molecule has 1 saturated heterocycles. The number of thioether (sulfide) groups is 1. The van der Waals surface area contributed by atoms with E-state index in [2.05, 4.69) is 45.4 Å². The standard InChI is InChI=1S/C49H71N7O8S/c1-32(2)28-39(53-48(62)64-49(6,7)8)34(5)29-37(30-35-18-11-9-12-19-35)45(60)56-26-16-23-40(56)43(58)54-41(33(3)4)44(59)52-38(42(57)55-46-50-25-17-27-65-46)22-15-24-51-47(61)63-31-36-20-13-10-14-21-36/h9-14,18-21,29,32-33,37-41H,15-17,22-28,30-31H2,1-8H3,(H,51,61)(H,52,59)(H,53,62)(H,54,58)(H,50,55,57)/b34-29+/t37-,38+,39+,40+,41+/m1/s1. The van der Waals surface area contributed by atoms with Crippen LogP contribution in [0.5, 0.6) is 0 Å². The van der Waals surface area contributed by atoms with Gasteiger partial charge >= 0.3 is 12.2 Å². The molecule has 2 aromatic rings. The number of nitrogens with one attached hydrogen (secondary N) is 5. The Hall–Kier alpha value is -5.38. The number of likely N-dealkylation sites (tertiary alicyclic amines) is 1. The van der Waals surface area contributed by atoms with Crippen LogP contribution in [0.4, 0.5) is 9.59 Å². The molecule has 0 bridgehead atoms. The van der Waals surface area contributed by atoms with E-state index < -0.39 is 65.6 Å². The second-order valence-corrected chi connectivity index (χ2v) is 19.6. The van der Waals surface area contributed by atoms with Crippen LogP contribution >= 0.6 is 11.8 Å². The Bertz CT molecular complexity index is 1950. The predicted octanol–water partition coefficient (Wildman–Crippen LogP) is 6.66. The Morgan fingerprint density at radius 2 is 1.54 bits per heavy atom. The van der Waals surface area contributed by atoms with Gasteiger partial charge in [0.05, 0.1) is 12.0 Å². The fraction of sp³-hybridized carbons (Fsp3) is 0.571. The van der Waals surface area contributed by atoms with E-state index in [0.29, 0.717) is 50.4 Å². The van der Waals surface area contributed by atoms with E-state index in [4.69, 9.17) is 9.47 Å². The summed E-state index contributed by atoms with van der Waals surface area (Å²) >= 11 is 1.43. The van der Waals surface area contributed by atoms with Crippen molar-refractivity contribution in [3.05, 3.63) is 83.4 Å². The maximum Gasteiger partial charge on any atom is 0.408 e. The van der Waals surface area contributed by atoms with Crippen LogP contribution in [0.25, 0.3) is 0 Å². The summed E-state index contributed by atoms with van der Waals surface area (Å²) in [4.78, 5) is 88.0.